The Morgan fingerprint density at radius 3 is 2.46 bits per heavy atom. The molecular weight excluding hydrogens is 198 g/mol. The van der Waals surface area contributed by atoms with Crippen LogP contribution in [0.25, 0.3) is 0 Å². The minimum absolute atomic E-state index is 0.219. The van der Waals surface area contributed by atoms with Crippen molar-refractivity contribution in [2.24, 2.45) is 0 Å². The van der Waals surface area contributed by atoms with Crippen molar-refractivity contribution in [3.63, 3.8) is 0 Å². The third kappa shape index (κ3) is 7.47. The zero-order valence-electron chi connectivity index (χ0n) is 7.32. The zero-order chi connectivity index (χ0) is 10.3. The van der Waals surface area contributed by atoms with E-state index in [0.717, 1.165) is 12.8 Å². The van der Waals surface area contributed by atoms with Gasteiger partial charge < -0.3 is 0 Å². The van der Waals surface area contributed by atoms with Crippen molar-refractivity contribution < 1.29 is 13.5 Å². The molecule has 0 aliphatic heterocycles. The lowest BCUT2D eigenvalue weighted by atomic mass is 10.3. The molecule has 0 radical (unpaired) electrons. The van der Waals surface area contributed by atoms with Crippen LogP contribution in [0.4, 0.5) is 0 Å². The molecule has 2 N–H and O–H groups in total. The van der Waals surface area contributed by atoms with Gasteiger partial charge in [0.05, 0.1) is 0 Å². The first-order valence-corrected chi connectivity index (χ1v) is 5.37. The van der Waals surface area contributed by atoms with Gasteiger partial charge in [0.25, 0.3) is 0 Å². The Morgan fingerprint density at radius 1 is 1.38 bits per heavy atom. The predicted octanol–water partition coefficient (Wildman–Crippen LogP) is -0.208. The number of rotatable bonds is 7. The molecule has 0 aromatic carbocycles. The van der Waals surface area contributed by atoms with Crippen LogP contribution in [0.2, 0.25) is 0 Å². The number of nitro groups is 1. The van der Waals surface area contributed by atoms with Crippen LogP contribution in [-0.4, -0.2) is 20.0 Å². The maximum Gasteiger partial charge on any atom is 0.348 e. The van der Waals surface area contributed by atoms with E-state index in [1.807, 2.05) is 11.6 Å². The molecular formula is C5H13N3O4S. The number of hydrogen-bond acceptors (Lipinski definition) is 4. The van der Waals surface area contributed by atoms with Crippen molar-refractivity contribution in [2.75, 3.05) is 6.54 Å². The smallest absolute Gasteiger partial charge is 0.234 e. The van der Waals surface area contributed by atoms with Crippen molar-refractivity contribution in [1.82, 2.24) is 9.55 Å². The SMILES string of the molecule is CCCCCNS(=O)(=O)N[N+](=O)[O-]. The monoisotopic (exact) mass is 211 g/mol. The Kier molecular flexibility index (Phi) is 5.31. The normalized spacial score (nSPS) is 11.2. The van der Waals surface area contributed by atoms with Crippen LogP contribution in [0.3, 0.4) is 0 Å². The average molecular weight is 211 g/mol. The fourth-order valence-corrected chi connectivity index (χ4v) is 1.39. The highest BCUT2D eigenvalue weighted by Crippen LogP contribution is 1.91. The standard InChI is InChI=1S/C5H13N3O4S/c1-2-3-4-5-6-13(11,12)7-8(9)10/h6-7H,2-5H2,1H3. The minimum Gasteiger partial charge on any atom is -0.234 e. The van der Waals surface area contributed by atoms with E-state index in [-0.39, 0.29) is 6.54 Å². The van der Waals surface area contributed by atoms with Gasteiger partial charge in [-0.25, -0.2) is 10.1 Å². The lowest BCUT2D eigenvalue weighted by Crippen LogP contribution is -2.40. The molecule has 0 atom stereocenters. The van der Waals surface area contributed by atoms with Crippen LogP contribution in [0.5, 0.6) is 0 Å². The molecule has 0 unspecified atom stereocenters. The molecule has 0 heterocycles. The van der Waals surface area contributed by atoms with E-state index in [2.05, 4.69) is 0 Å². The molecule has 0 aromatic heterocycles. The van der Waals surface area contributed by atoms with Crippen molar-refractivity contribution in [3.8, 4) is 0 Å². The summed E-state index contributed by atoms with van der Waals surface area (Å²) < 4.78 is 23.5. The topological polar surface area (TPSA) is 101 Å². The van der Waals surface area contributed by atoms with E-state index < -0.39 is 15.2 Å². The van der Waals surface area contributed by atoms with Gasteiger partial charge in [0, 0.05) is 6.54 Å². The summed E-state index contributed by atoms with van der Waals surface area (Å²) in [6.07, 6.45) is 2.53. The Labute approximate surface area is 76.8 Å². The van der Waals surface area contributed by atoms with Gasteiger partial charge in [-0.3, -0.25) is 0 Å². The molecule has 0 amide bonds. The second-order valence-corrected chi connectivity index (χ2v) is 3.93. The van der Waals surface area contributed by atoms with Crippen LogP contribution >= 0.6 is 0 Å². The van der Waals surface area contributed by atoms with Crippen LogP contribution in [0, 0.1) is 10.1 Å². The molecule has 13 heavy (non-hydrogen) atoms. The summed E-state index contributed by atoms with van der Waals surface area (Å²) in [5.41, 5.74) is 0. The number of hydrazine groups is 1. The molecule has 0 saturated heterocycles. The highest BCUT2D eigenvalue weighted by Gasteiger charge is 2.13. The molecule has 0 bridgehead atoms. The highest BCUT2D eigenvalue weighted by atomic mass is 32.2. The van der Waals surface area contributed by atoms with Crippen LogP contribution in [0.1, 0.15) is 26.2 Å². The van der Waals surface area contributed by atoms with Gasteiger partial charge in [0.15, 0.2) is 5.03 Å². The molecule has 0 aromatic rings. The Morgan fingerprint density at radius 2 is 2.00 bits per heavy atom. The summed E-state index contributed by atoms with van der Waals surface area (Å²) >= 11 is 0. The maximum atomic E-state index is 10.7. The third-order valence-corrected chi connectivity index (χ3v) is 2.24. The lowest BCUT2D eigenvalue weighted by Gasteiger charge is -2.01. The minimum atomic E-state index is -3.96. The molecule has 78 valence electrons. The van der Waals surface area contributed by atoms with E-state index in [9.17, 15) is 18.5 Å². The second kappa shape index (κ2) is 5.70. The van der Waals surface area contributed by atoms with Gasteiger partial charge in [0.2, 0.25) is 0 Å². The van der Waals surface area contributed by atoms with E-state index in [1.165, 1.54) is 4.83 Å². The Hall–Kier alpha value is -0.890. The first-order valence-electron chi connectivity index (χ1n) is 3.89. The average Bonchev–Trinajstić information content (AvgIpc) is 1.95. The van der Waals surface area contributed by atoms with Crippen molar-refractivity contribution in [3.05, 3.63) is 10.1 Å². The number of nitrogens with zero attached hydrogens (tertiary/aromatic N) is 1. The first-order chi connectivity index (χ1) is 5.98. The summed E-state index contributed by atoms with van der Waals surface area (Å²) in [5, 5.41) is 8.67. The summed E-state index contributed by atoms with van der Waals surface area (Å²) in [6, 6.07) is 0. The van der Waals surface area contributed by atoms with E-state index >= 15 is 0 Å². The molecule has 0 saturated carbocycles. The van der Waals surface area contributed by atoms with Crippen molar-refractivity contribution >= 4 is 10.2 Å². The lowest BCUT2D eigenvalue weighted by molar-refractivity contribution is -0.519. The number of hydrogen-bond donors (Lipinski definition) is 2. The van der Waals surface area contributed by atoms with E-state index in [1.54, 1.807) is 0 Å². The molecule has 0 spiro atoms. The fraction of sp³-hybridized carbons (Fsp3) is 1.00. The molecule has 0 rings (SSSR count). The van der Waals surface area contributed by atoms with Crippen LogP contribution in [-0.2, 0) is 10.2 Å². The van der Waals surface area contributed by atoms with E-state index in [0.29, 0.717) is 6.42 Å². The van der Waals surface area contributed by atoms with Crippen molar-refractivity contribution in [1.29, 1.82) is 0 Å². The van der Waals surface area contributed by atoms with Crippen LogP contribution in [0.15, 0.2) is 0 Å². The highest BCUT2D eigenvalue weighted by molar-refractivity contribution is 7.87. The molecule has 8 heteroatoms. The Bertz CT molecular complexity index is 251. The number of unbranched alkanes of at least 4 members (excludes halogenated alkanes) is 2. The molecule has 0 fully saturated rings. The fourth-order valence-electron chi connectivity index (χ4n) is 0.712. The Balaban J connectivity index is 3.71. The predicted molar refractivity (Wildman–Crippen MR) is 46.6 cm³/mol. The molecule has 0 aliphatic carbocycles. The van der Waals surface area contributed by atoms with Gasteiger partial charge in [-0.15, -0.1) is 0 Å². The summed E-state index contributed by atoms with van der Waals surface area (Å²) in [6.45, 7) is 2.20. The van der Waals surface area contributed by atoms with Gasteiger partial charge in [-0.2, -0.15) is 13.1 Å². The molecule has 0 aliphatic rings. The van der Waals surface area contributed by atoms with Crippen LogP contribution < -0.4 is 9.55 Å². The third-order valence-electron chi connectivity index (χ3n) is 1.27. The first kappa shape index (κ1) is 12.1. The van der Waals surface area contributed by atoms with Crippen molar-refractivity contribution in [2.45, 2.75) is 26.2 Å². The van der Waals surface area contributed by atoms with Gasteiger partial charge in [-0.05, 0) is 11.3 Å². The quantitative estimate of drug-likeness (QED) is 0.345. The number of nitrogens with one attached hydrogen (secondary N) is 2. The van der Waals surface area contributed by atoms with Gasteiger partial charge in [0.1, 0.15) is 0 Å². The summed E-state index contributed by atoms with van der Waals surface area (Å²) in [7, 11) is -3.96. The van der Waals surface area contributed by atoms with Gasteiger partial charge in [-0.1, -0.05) is 19.8 Å². The van der Waals surface area contributed by atoms with Gasteiger partial charge >= 0.3 is 10.2 Å². The second-order valence-electron chi connectivity index (χ2n) is 2.45. The summed E-state index contributed by atoms with van der Waals surface area (Å²) in [4.78, 5) is 11.0. The largest absolute Gasteiger partial charge is 0.348 e. The zero-order valence-corrected chi connectivity index (χ0v) is 8.13. The maximum absolute atomic E-state index is 10.7. The summed E-state index contributed by atoms with van der Waals surface area (Å²) in [5.74, 6) is 0. The van der Waals surface area contributed by atoms with E-state index in [4.69, 9.17) is 0 Å². The molecule has 7 nitrogen and oxygen atoms in total.